The Hall–Kier alpha value is -8.08. The van der Waals surface area contributed by atoms with Gasteiger partial charge >= 0.3 is 0 Å². The zero-order valence-corrected chi connectivity index (χ0v) is 32.3. The standard InChI is InChI=1S/C56H33N3O/c1-2-14-35-29-39(26-25-34(35)13-1)48-33-49(58-56(57-48)47-31-38-17-5-6-18-40(38)41-19-7-8-20-42(41)47)44-27-28-53-54(45-22-10-12-24-52(45)60-53)55(44)59-50-23-11-9-21-43(50)46-30-36-15-3-4-16-37(36)32-51(46)59/h1-33H. The van der Waals surface area contributed by atoms with Crippen LogP contribution >= 0.6 is 0 Å². The van der Waals surface area contributed by atoms with Crippen molar-refractivity contribution in [1.82, 2.24) is 14.5 Å². The van der Waals surface area contributed by atoms with Crippen LogP contribution in [0.1, 0.15) is 0 Å². The van der Waals surface area contributed by atoms with E-state index in [0.29, 0.717) is 5.82 Å². The van der Waals surface area contributed by atoms with E-state index < -0.39 is 0 Å². The van der Waals surface area contributed by atoms with E-state index in [-0.39, 0.29) is 0 Å². The molecular formula is C56H33N3O. The first-order valence-corrected chi connectivity index (χ1v) is 20.4. The quantitative estimate of drug-likeness (QED) is 0.168. The summed E-state index contributed by atoms with van der Waals surface area (Å²) in [6, 6.07) is 71.5. The predicted octanol–water partition coefficient (Wildman–Crippen LogP) is 15.1. The van der Waals surface area contributed by atoms with Gasteiger partial charge in [0.1, 0.15) is 11.2 Å². The van der Waals surface area contributed by atoms with Gasteiger partial charge in [0.15, 0.2) is 5.82 Å². The van der Waals surface area contributed by atoms with E-state index in [9.17, 15) is 0 Å². The van der Waals surface area contributed by atoms with E-state index in [1.165, 1.54) is 37.7 Å². The third-order valence-corrected chi connectivity index (χ3v) is 12.3. The van der Waals surface area contributed by atoms with E-state index in [2.05, 4.69) is 199 Å². The fourth-order valence-electron chi connectivity index (χ4n) is 9.58. The van der Waals surface area contributed by atoms with Crippen LogP contribution in [0.15, 0.2) is 205 Å². The summed E-state index contributed by atoms with van der Waals surface area (Å²) in [4.78, 5) is 11.1. The van der Waals surface area contributed by atoms with E-state index in [1.54, 1.807) is 0 Å². The third kappa shape index (κ3) is 4.91. The molecule has 3 aromatic heterocycles. The van der Waals surface area contributed by atoms with Crippen LogP contribution in [0.5, 0.6) is 0 Å². The van der Waals surface area contributed by atoms with Gasteiger partial charge in [0.25, 0.3) is 0 Å². The summed E-state index contributed by atoms with van der Waals surface area (Å²) in [5.74, 6) is 0.675. The number of para-hydroxylation sites is 2. The first kappa shape index (κ1) is 32.9. The van der Waals surface area contributed by atoms with Gasteiger partial charge in [-0.25, -0.2) is 9.97 Å². The minimum atomic E-state index is 0.675. The first-order valence-electron chi connectivity index (χ1n) is 20.4. The fourth-order valence-corrected chi connectivity index (χ4v) is 9.58. The molecular weight excluding hydrogens is 731 g/mol. The summed E-state index contributed by atoms with van der Waals surface area (Å²) in [5, 5.41) is 13.9. The van der Waals surface area contributed by atoms with Crippen molar-refractivity contribution in [2.24, 2.45) is 0 Å². The second-order valence-corrected chi connectivity index (χ2v) is 15.7. The minimum Gasteiger partial charge on any atom is -0.456 e. The second-order valence-electron chi connectivity index (χ2n) is 15.7. The molecule has 10 aromatic carbocycles. The van der Waals surface area contributed by atoms with Gasteiger partial charge in [0.2, 0.25) is 0 Å². The highest BCUT2D eigenvalue weighted by Crippen LogP contribution is 2.45. The fraction of sp³-hybridized carbons (Fsp3) is 0. The van der Waals surface area contributed by atoms with Gasteiger partial charge in [-0.05, 0) is 97.7 Å². The molecule has 0 aliphatic heterocycles. The highest BCUT2D eigenvalue weighted by molar-refractivity contribution is 6.19. The Bertz CT molecular complexity index is 3910. The first-order chi connectivity index (χ1) is 29.7. The van der Waals surface area contributed by atoms with Crippen LogP contribution in [0.25, 0.3) is 126 Å². The molecule has 0 aliphatic carbocycles. The van der Waals surface area contributed by atoms with Gasteiger partial charge in [-0.2, -0.15) is 0 Å². The number of benzene rings is 10. The average Bonchev–Trinajstić information content (AvgIpc) is 3.85. The Labute approximate surface area is 344 Å². The SMILES string of the molecule is c1ccc2cc(-c3cc(-c4ccc5oc6ccccc6c5c4-n4c5ccccc5c5cc6ccccc6cc54)nc(-c4cc5ccccc5c5ccccc45)n3)ccc2c1. The van der Waals surface area contributed by atoms with Gasteiger partial charge < -0.3 is 8.98 Å². The van der Waals surface area contributed by atoms with E-state index in [1.807, 2.05) is 6.07 Å². The molecule has 0 spiro atoms. The largest absolute Gasteiger partial charge is 0.456 e. The Morgan fingerprint density at radius 3 is 1.82 bits per heavy atom. The molecule has 4 nitrogen and oxygen atoms in total. The Morgan fingerprint density at radius 1 is 0.350 bits per heavy atom. The van der Waals surface area contributed by atoms with Crippen molar-refractivity contribution in [3.63, 3.8) is 0 Å². The van der Waals surface area contributed by atoms with Crippen LogP contribution in [-0.4, -0.2) is 14.5 Å². The van der Waals surface area contributed by atoms with Crippen molar-refractivity contribution in [3.8, 4) is 39.6 Å². The van der Waals surface area contributed by atoms with E-state index in [0.717, 1.165) is 82.9 Å². The summed E-state index contributed by atoms with van der Waals surface area (Å²) in [6.45, 7) is 0. The van der Waals surface area contributed by atoms with Gasteiger partial charge in [0, 0.05) is 32.8 Å². The van der Waals surface area contributed by atoms with Gasteiger partial charge in [0.05, 0.1) is 33.5 Å². The topological polar surface area (TPSA) is 43.9 Å². The van der Waals surface area contributed by atoms with E-state index >= 15 is 0 Å². The second kappa shape index (κ2) is 12.7. The number of furan rings is 1. The number of aromatic nitrogens is 3. The molecule has 60 heavy (non-hydrogen) atoms. The van der Waals surface area contributed by atoms with Crippen LogP contribution in [0.4, 0.5) is 0 Å². The van der Waals surface area contributed by atoms with Crippen LogP contribution in [0, 0.1) is 0 Å². The number of rotatable bonds is 4. The highest BCUT2D eigenvalue weighted by atomic mass is 16.3. The Kier molecular flexibility index (Phi) is 6.98. The van der Waals surface area contributed by atoms with Crippen molar-refractivity contribution in [1.29, 1.82) is 0 Å². The van der Waals surface area contributed by atoms with Crippen LogP contribution in [0.2, 0.25) is 0 Å². The Morgan fingerprint density at radius 2 is 0.983 bits per heavy atom. The predicted molar refractivity (Wildman–Crippen MR) is 250 cm³/mol. The number of fused-ring (bicyclic) bond motifs is 11. The Balaban J connectivity index is 1.18. The molecule has 0 unspecified atom stereocenters. The molecule has 0 bridgehead atoms. The molecule has 13 aromatic rings. The molecule has 0 saturated carbocycles. The summed E-state index contributed by atoms with van der Waals surface area (Å²) < 4.78 is 9.09. The number of hydrogen-bond acceptors (Lipinski definition) is 3. The van der Waals surface area contributed by atoms with Gasteiger partial charge in [-0.1, -0.05) is 146 Å². The van der Waals surface area contributed by atoms with Crippen molar-refractivity contribution in [3.05, 3.63) is 200 Å². The molecule has 278 valence electrons. The van der Waals surface area contributed by atoms with Crippen LogP contribution in [-0.2, 0) is 0 Å². The summed E-state index contributed by atoms with van der Waals surface area (Å²) in [6.07, 6.45) is 0. The van der Waals surface area contributed by atoms with Crippen molar-refractivity contribution < 1.29 is 4.42 Å². The zero-order valence-electron chi connectivity index (χ0n) is 32.3. The smallest absolute Gasteiger partial charge is 0.161 e. The molecule has 0 amide bonds. The van der Waals surface area contributed by atoms with E-state index in [4.69, 9.17) is 14.4 Å². The molecule has 0 fully saturated rings. The summed E-state index contributed by atoms with van der Waals surface area (Å²) >= 11 is 0. The molecule has 0 aliphatic rings. The van der Waals surface area contributed by atoms with Gasteiger partial charge in [-0.3, -0.25) is 0 Å². The lowest BCUT2D eigenvalue weighted by Gasteiger charge is -2.17. The van der Waals surface area contributed by atoms with Crippen molar-refractivity contribution in [2.45, 2.75) is 0 Å². The maximum atomic E-state index is 6.65. The monoisotopic (exact) mass is 763 g/mol. The normalized spacial score (nSPS) is 12.0. The molecule has 0 atom stereocenters. The van der Waals surface area contributed by atoms with Crippen LogP contribution < -0.4 is 0 Å². The third-order valence-electron chi connectivity index (χ3n) is 12.3. The van der Waals surface area contributed by atoms with Crippen molar-refractivity contribution in [2.75, 3.05) is 0 Å². The molecule has 13 rings (SSSR count). The zero-order chi connectivity index (χ0) is 39.3. The van der Waals surface area contributed by atoms with Crippen molar-refractivity contribution >= 4 is 86.8 Å². The van der Waals surface area contributed by atoms with Crippen LogP contribution in [0.3, 0.4) is 0 Å². The minimum absolute atomic E-state index is 0.675. The molecule has 0 N–H and O–H groups in total. The van der Waals surface area contributed by atoms with Gasteiger partial charge in [-0.15, -0.1) is 0 Å². The maximum Gasteiger partial charge on any atom is 0.161 e. The summed E-state index contributed by atoms with van der Waals surface area (Å²) in [7, 11) is 0. The molecule has 0 radical (unpaired) electrons. The summed E-state index contributed by atoms with van der Waals surface area (Å²) in [5.41, 5.74) is 9.63. The molecule has 0 saturated heterocycles. The highest BCUT2D eigenvalue weighted by Gasteiger charge is 2.24. The average molecular weight is 764 g/mol. The number of hydrogen-bond donors (Lipinski definition) is 0. The lowest BCUT2D eigenvalue weighted by atomic mass is 9.96. The maximum absolute atomic E-state index is 6.65. The lowest BCUT2D eigenvalue weighted by molar-refractivity contribution is 0.669. The molecule has 4 heteroatoms. The lowest BCUT2D eigenvalue weighted by Crippen LogP contribution is -2.02. The molecule has 3 heterocycles. The number of nitrogens with zero attached hydrogens (tertiary/aromatic N) is 3.